The van der Waals surface area contributed by atoms with Crippen molar-refractivity contribution in [2.75, 3.05) is 11.9 Å². The van der Waals surface area contributed by atoms with Crippen molar-refractivity contribution in [2.24, 2.45) is 0 Å². The van der Waals surface area contributed by atoms with Gasteiger partial charge in [-0.05, 0) is 49.6 Å². The Hall–Kier alpha value is -3.24. The SMILES string of the molecule is Cc1ccc(C(=O)c2ccccc2)c(NC(=O)[C@@H]2CCCN2Cc2ccccc2)c1. The Labute approximate surface area is 177 Å². The van der Waals surface area contributed by atoms with Gasteiger partial charge in [-0.25, -0.2) is 0 Å². The molecule has 0 unspecified atom stereocenters. The second kappa shape index (κ2) is 9.06. The molecule has 1 heterocycles. The molecule has 0 aromatic heterocycles. The molecular formula is C26H26N2O2. The third-order valence-corrected chi connectivity index (χ3v) is 5.61. The minimum absolute atomic E-state index is 0.0452. The maximum atomic E-state index is 13.2. The van der Waals surface area contributed by atoms with Gasteiger partial charge in [0.05, 0.1) is 11.7 Å². The maximum Gasteiger partial charge on any atom is 0.241 e. The molecule has 1 saturated heterocycles. The van der Waals surface area contributed by atoms with E-state index < -0.39 is 0 Å². The highest BCUT2D eigenvalue weighted by Gasteiger charge is 2.31. The van der Waals surface area contributed by atoms with E-state index in [-0.39, 0.29) is 17.7 Å². The first-order valence-corrected chi connectivity index (χ1v) is 10.4. The van der Waals surface area contributed by atoms with Crippen LogP contribution in [0.3, 0.4) is 0 Å². The molecule has 1 amide bonds. The van der Waals surface area contributed by atoms with Crippen LogP contribution in [0.2, 0.25) is 0 Å². The van der Waals surface area contributed by atoms with Crippen molar-refractivity contribution in [1.82, 2.24) is 4.90 Å². The molecule has 1 aliphatic rings. The maximum absolute atomic E-state index is 13.2. The van der Waals surface area contributed by atoms with E-state index in [0.717, 1.165) is 31.5 Å². The Bertz CT molecular complexity index is 1030. The fourth-order valence-electron chi connectivity index (χ4n) is 4.05. The summed E-state index contributed by atoms with van der Waals surface area (Å²) < 4.78 is 0. The number of carbonyl (C=O) groups excluding carboxylic acids is 2. The molecule has 4 heteroatoms. The lowest BCUT2D eigenvalue weighted by Crippen LogP contribution is -2.39. The first-order valence-electron chi connectivity index (χ1n) is 10.4. The lowest BCUT2D eigenvalue weighted by Gasteiger charge is -2.24. The number of aryl methyl sites for hydroxylation is 1. The molecule has 0 spiro atoms. The Morgan fingerprint density at radius 1 is 0.967 bits per heavy atom. The normalized spacial score (nSPS) is 16.4. The summed E-state index contributed by atoms with van der Waals surface area (Å²) in [7, 11) is 0. The lowest BCUT2D eigenvalue weighted by atomic mass is 10.00. The number of rotatable bonds is 6. The van der Waals surface area contributed by atoms with Gasteiger partial charge in [0.2, 0.25) is 5.91 Å². The van der Waals surface area contributed by atoms with Crippen LogP contribution in [0.25, 0.3) is 0 Å². The largest absolute Gasteiger partial charge is 0.324 e. The molecule has 4 rings (SSSR count). The zero-order valence-electron chi connectivity index (χ0n) is 17.2. The lowest BCUT2D eigenvalue weighted by molar-refractivity contribution is -0.120. The predicted octanol–water partition coefficient (Wildman–Crippen LogP) is 4.83. The summed E-state index contributed by atoms with van der Waals surface area (Å²) in [5.41, 5.74) is 3.92. The first-order chi connectivity index (χ1) is 14.6. The van der Waals surface area contributed by atoms with Crippen molar-refractivity contribution in [2.45, 2.75) is 32.4 Å². The third kappa shape index (κ3) is 4.50. The number of hydrogen-bond acceptors (Lipinski definition) is 3. The average molecular weight is 399 g/mol. The van der Waals surface area contributed by atoms with Crippen LogP contribution in [0.5, 0.6) is 0 Å². The highest BCUT2D eigenvalue weighted by Crippen LogP contribution is 2.25. The van der Waals surface area contributed by atoms with E-state index in [1.54, 1.807) is 18.2 Å². The summed E-state index contributed by atoms with van der Waals surface area (Å²) in [4.78, 5) is 28.4. The smallest absolute Gasteiger partial charge is 0.241 e. The molecule has 30 heavy (non-hydrogen) atoms. The quantitative estimate of drug-likeness (QED) is 0.605. The van der Waals surface area contributed by atoms with Crippen LogP contribution in [0.1, 0.15) is 39.9 Å². The number of ketones is 1. The Kier molecular flexibility index (Phi) is 6.05. The van der Waals surface area contributed by atoms with Gasteiger partial charge in [-0.15, -0.1) is 0 Å². The predicted molar refractivity (Wildman–Crippen MR) is 120 cm³/mol. The van der Waals surface area contributed by atoms with Crippen LogP contribution in [-0.2, 0) is 11.3 Å². The Morgan fingerprint density at radius 2 is 1.67 bits per heavy atom. The second-order valence-corrected chi connectivity index (χ2v) is 7.85. The molecule has 1 fully saturated rings. The van der Waals surface area contributed by atoms with Gasteiger partial charge in [-0.1, -0.05) is 66.7 Å². The summed E-state index contributed by atoms with van der Waals surface area (Å²) in [5.74, 6) is -0.130. The summed E-state index contributed by atoms with van der Waals surface area (Å²) in [6.07, 6.45) is 1.82. The molecule has 1 aliphatic heterocycles. The van der Waals surface area contributed by atoms with Crippen LogP contribution in [0.4, 0.5) is 5.69 Å². The number of nitrogens with zero attached hydrogens (tertiary/aromatic N) is 1. The van der Waals surface area contributed by atoms with Gasteiger partial charge in [0.25, 0.3) is 0 Å². The van der Waals surface area contributed by atoms with Crippen molar-refractivity contribution >= 4 is 17.4 Å². The van der Waals surface area contributed by atoms with Gasteiger partial charge in [0.15, 0.2) is 5.78 Å². The summed E-state index contributed by atoms with van der Waals surface area (Å²) in [6, 6.07) is 24.8. The molecule has 4 nitrogen and oxygen atoms in total. The van der Waals surface area contributed by atoms with Crippen molar-refractivity contribution in [3.8, 4) is 0 Å². The van der Waals surface area contributed by atoms with E-state index >= 15 is 0 Å². The fourth-order valence-corrected chi connectivity index (χ4v) is 4.05. The molecule has 3 aromatic rings. The first kappa shape index (κ1) is 20.0. The van der Waals surface area contributed by atoms with Crippen molar-refractivity contribution in [1.29, 1.82) is 0 Å². The van der Waals surface area contributed by atoms with Crippen LogP contribution in [-0.4, -0.2) is 29.2 Å². The van der Waals surface area contributed by atoms with Gasteiger partial charge in [-0.3, -0.25) is 14.5 Å². The van der Waals surface area contributed by atoms with E-state index in [1.165, 1.54) is 5.56 Å². The van der Waals surface area contributed by atoms with Crippen molar-refractivity contribution in [3.63, 3.8) is 0 Å². The zero-order valence-corrected chi connectivity index (χ0v) is 17.2. The van der Waals surface area contributed by atoms with Gasteiger partial charge < -0.3 is 5.32 Å². The molecular weight excluding hydrogens is 372 g/mol. The second-order valence-electron chi connectivity index (χ2n) is 7.85. The van der Waals surface area contributed by atoms with E-state index in [2.05, 4.69) is 22.3 Å². The zero-order chi connectivity index (χ0) is 20.9. The van der Waals surface area contributed by atoms with Crippen LogP contribution in [0, 0.1) is 6.92 Å². The molecule has 0 saturated carbocycles. The van der Waals surface area contributed by atoms with Crippen LogP contribution < -0.4 is 5.32 Å². The number of likely N-dealkylation sites (tertiary alicyclic amines) is 1. The molecule has 0 bridgehead atoms. The molecule has 152 valence electrons. The monoisotopic (exact) mass is 398 g/mol. The van der Waals surface area contributed by atoms with Crippen molar-refractivity contribution in [3.05, 3.63) is 101 Å². The van der Waals surface area contributed by atoms with Gasteiger partial charge in [-0.2, -0.15) is 0 Å². The van der Waals surface area contributed by atoms with E-state index in [0.29, 0.717) is 16.8 Å². The minimum Gasteiger partial charge on any atom is -0.324 e. The average Bonchev–Trinajstić information content (AvgIpc) is 3.23. The molecule has 0 radical (unpaired) electrons. The molecule has 1 atom stereocenters. The fraction of sp³-hybridized carbons (Fsp3) is 0.231. The van der Waals surface area contributed by atoms with Gasteiger partial charge in [0.1, 0.15) is 0 Å². The molecule has 3 aromatic carbocycles. The van der Waals surface area contributed by atoms with Crippen LogP contribution >= 0.6 is 0 Å². The van der Waals surface area contributed by atoms with E-state index in [4.69, 9.17) is 0 Å². The van der Waals surface area contributed by atoms with E-state index in [1.807, 2.05) is 55.5 Å². The van der Waals surface area contributed by atoms with Crippen molar-refractivity contribution < 1.29 is 9.59 Å². The van der Waals surface area contributed by atoms with Gasteiger partial charge >= 0.3 is 0 Å². The molecule has 1 N–H and O–H groups in total. The summed E-state index contributed by atoms with van der Waals surface area (Å²) in [6.45, 7) is 3.61. The standard InChI is InChI=1S/C26H26N2O2/c1-19-14-15-22(25(29)21-11-6-3-7-12-21)23(17-19)27-26(30)24-13-8-16-28(24)18-20-9-4-2-5-10-20/h2-7,9-12,14-15,17,24H,8,13,16,18H2,1H3,(H,27,30)/t24-/m0/s1. The Balaban J connectivity index is 1.54. The third-order valence-electron chi connectivity index (χ3n) is 5.61. The summed E-state index contributed by atoms with van der Waals surface area (Å²) >= 11 is 0. The number of nitrogens with one attached hydrogen (secondary N) is 1. The van der Waals surface area contributed by atoms with Gasteiger partial charge in [0, 0.05) is 17.7 Å². The summed E-state index contributed by atoms with van der Waals surface area (Å²) in [5, 5.41) is 3.06. The highest BCUT2D eigenvalue weighted by molar-refractivity contribution is 6.14. The number of carbonyl (C=O) groups is 2. The Morgan fingerprint density at radius 3 is 2.40 bits per heavy atom. The number of hydrogen-bond donors (Lipinski definition) is 1. The topological polar surface area (TPSA) is 49.4 Å². The number of amides is 1. The molecule has 0 aliphatic carbocycles. The number of benzene rings is 3. The van der Waals surface area contributed by atoms with E-state index in [9.17, 15) is 9.59 Å². The minimum atomic E-state index is -0.189. The number of anilines is 1. The van der Waals surface area contributed by atoms with Crippen LogP contribution in [0.15, 0.2) is 78.9 Å². The highest BCUT2D eigenvalue weighted by atomic mass is 16.2.